The van der Waals surface area contributed by atoms with Crippen LogP contribution in [0.1, 0.15) is 18.3 Å². The normalized spacial score (nSPS) is 22.6. The van der Waals surface area contributed by atoms with Gasteiger partial charge in [0.25, 0.3) is 0 Å². The van der Waals surface area contributed by atoms with Gasteiger partial charge < -0.3 is 14.6 Å². The first-order chi connectivity index (χ1) is 9.25. The number of hydrogen-bond acceptors (Lipinski definition) is 5. The number of halogens is 1. The van der Waals surface area contributed by atoms with Crippen molar-refractivity contribution >= 4 is 21.7 Å². The van der Waals surface area contributed by atoms with Crippen LogP contribution in [0.4, 0.5) is 5.82 Å². The number of ether oxygens (including phenoxy) is 1. The Kier molecular flexibility index (Phi) is 3.48. The molecule has 3 heterocycles. The number of aryl methyl sites for hydroxylation is 1. The molecule has 0 saturated carbocycles. The molecule has 2 atom stereocenters. The standard InChI is InChI=1S/C12H14BrN5O/c1-18-4-3-15-12(18)10-9(2-5-19-10)17-11-8(13)6-14-7-16-11/h3-4,6-7,9-10H,2,5H2,1H3,(H,14,16,17)/t9-,10-/m0/s1. The maximum atomic E-state index is 5.80. The van der Waals surface area contributed by atoms with Crippen molar-refractivity contribution in [3.63, 3.8) is 0 Å². The minimum atomic E-state index is -0.0538. The maximum absolute atomic E-state index is 5.80. The van der Waals surface area contributed by atoms with E-state index in [4.69, 9.17) is 4.74 Å². The van der Waals surface area contributed by atoms with Gasteiger partial charge in [0.1, 0.15) is 24.1 Å². The highest BCUT2D eigenvalue weighted by Gasteiger charge is 2.32. The molecule has 0 aliphatic carbocycles. The first kappa shape index (κ1) is 12.6. The molecule has 1 aliphatic heterocycles. The molecule has 100 valence electrons. The second-order valence-corrected chi connectivity index (χ2v) is 5.30. The van der Waals surface area contributed by atoms with E-state index in [-0.39, 0.29) is 12.1 Å². The smallest absolute Gasteiger partial charge is 0.144 e. The average Bonchev–Trinajstić information content (AvgIpc) is 3.01. The lowest BCUT2D eigenvalue weighted by molar-refractivity contribution is 0.0983. The summed E-state index contributed by atoms with van der Waals surface area (Å²) in [5, 5.41) is 3.40. The van der Waals surface area contributed by atoms with Crippen LogP contribution in [0.2, 0.25) is 0 Å². The summed E-state index contributed by atoms with van der Waals surface area (Å²) in [5.41, 5.74) is 0. The van der Waals surface area contributed by atoms with Crippen molar-refractivity contribution in [3.05, 3.63) is 35.2 Å². The number of anilines is 1. The van der Waals surface area contributed by atoms with Crippen LogP contribution in [0.3, 0.4) is 0 Å². The third-order valence-corrected chi connectivity index (χ3v) is 3.77. The van der Waals surface area contributed by atoms with Gasteiger partial charge in [-0.15, -0.1) is 0 Å². The van der Waals surface area contributed by atoms with Gasteiger partial charge in [-0.2, -0.15) is 0 Å². The van der Waals surface area contributed by atoms with Crippen LogP contribution in [-0.4, -0.2) is 32.2 Å². The van der Waals surface area contributed by atoms with Crippen molar-refractivity contribution < 1.29 is 4.74 Å². The van der Waals surface area contributed by atoms with Crippen LogP contribution in [0, 0.1) is 0 Å². The quantitative estimate of drug-likeness (QED) is 0.934. The molecule has 0 unspecified atom stereocenters. The van der Waals surface area contributed by atoms with E-state index in [9.17, 15) is 0 Å². The van der Waals surface area contributed by atoms with E-state index in [1.54, 1.807) is 12.4 Å². The minimum absolute atomic E-state index is 0.0538. The molecule has 0 spiro atoms. The fourth-order valence-corrected chi connectivity index (χ4v) is 2.57. The zero-order valence-electron chi connectivity index (χ0n) is 10.5. The van der Waals surface area contributed by atoms with Crippen molar-refractivity contribution in [3.8, 4) is 0 Å². The lowest BCUT2D eigenvalue weighted by Gasteiger charge is -2.20. The molecule has 2 aromatic heterocycles. The number of nitrogens with one attached hydrogen (secondary N) is 1. The molecule has 1 aliphatic rings. The second kappa shape index (κ2) is 5.26. The summed E-state index contributed by atoms with van der Waals surface area (Å²) in [5.74, 6) is 1.71. The Hall–Kier alpha value is -1.47. The van der Waals surface area contributed by atoms with E-state index < -0.39 is 0 Å². The summed E-state index contributed by atoms with van der Waals surface area (Å²) in [6.07, 6.45) is 7.83. The van der Waals surface area contributed by atoms with Gasteiger partial charge in [0.15, 0.2) is 0 Å². The Labute approximate surface area is 119 Å². The number of aromatic nitrogens is 4. The summed E-state index contributed by atoms with van der Waals surface area (Å²) >= 11 is 3.44. The Balaban J connectivity index is 1.81. The van der Waals surface area contributed by atoms with Gasteiger partial charge in [-0.1, -0.05) is 0 Å². The third kappa shape index (κ3) is 2.48. The predicted molar refractivity (Wildman–Crippen MR) is 73.7 cm³/mol. The topological polar surface area (TPSA) is 64.9 Å². The largest absolute Gasteiger partial charge is 0.368 e. The molecule has 1 N–H and O–H groups in total. The first-order valence-electron chi connectivity index (χ1n) is 6.06. The van der Waals surface area contributed by atoms with Gasteiger partial charge in [-0.05, 0) is 22.4 Å². The summed E-state index contributed by atoms with van der Waals surface area (Å²) in [4.78, 5) is 12.6. The Bertz CT molecular complexity index is 573. The molecule has 19 heavy (non-hydrogen) atoms. The number of nitrogens with zero attached hydrogens (tertiary/aromatic N) is 4. The van der Waals surface area contributed by atoms with E-state index in [2.05, 4.69) is 36.2 Å². The van der Waals surface area contributed by atoms with Crippen LogP contribution in [0.15, 0.2) is 29.4 Å². The second-order valence-electron chi connectivity index (χ2n) is 4.45. The fourth-order valence-electron chi connectivity index (χ4n) is 2.24. The van der Waals surface area contributed by atoms with Crippen LogP contribution >= 0.6 is 15.9 Å². The lowest BCUT2D eigenvalue weighted by atomic mass is 10.1. The van der Waals surface area contributed by atoms with Crippen LogP contribution in [0.25, 0.3) is 0 Å². The minimum Gasteiger partial charge on any atom is -0.368 e. The van der Waals surface area contributed by atoms with Gasteiger partial charge in [0, 0.05) is 32.2 Å². The molecule has 0 aromatic carbocycles. The number of imidazole rings is 1. The molecule has 3 rings (SSSR count). The molecule has 7 heteroatoms. The Morgan fingerprint density at radius 2 is 2.37 bits per heavy atom. The van der Waals surface area contributed by atoms with Crippen LogP contribution < -0.4 is 5.32 Å². The van der Waals surface area contributed by atoms with Gasteiger partial charge in [-0.3, -0.25) is 0 Å². The molecule has 0 bridgehead atoms. The van der Waals surface area contributed by atoms with Crippen LogP contribution in [-0.2, 0) is 11.8 Å². The molecule has 1 fully saturated rings. The van der Waals surface area contributed by atoms with E-state index in [0.29, 0.717) is 0 Å². The van der Waals surface area contributed by atoms with Crippen molar-refractivity contribution in [2.75, 3.05) is 11.9 Å². The number of rotatable bonds is 3. The van der Waals surface area contributed by atoms with Gasteiger partial charge in [-0.25, -0.2) is 15.0 Å². The van der Waals surface area contributed by atoms with Crippen molar-refractivity contribution in [1.82, 2.24) is 19.5 Å². The van der Waals surface area contributed by atoms with E-state index in [1.165, 1.54) is 6.33 Å². The highest BCUT2D eigenvalue weighted by atomic mass is 79.9. The molecule has 6 nitrogen and oxygen atoms in total. The van der Waals surface area contributed by atoms with Gasteiger partial charge in [0.2, 0.25) is 0 Å². The molecular weight excluding hydrogens is 310 g/mol. The molecule has 0 radical (unpaired) electrons. The average molecular weight is 324 g/mol. The zero-order valence-corrected chi connectivity index (χ0v) is 12.0. The molecular formula is C12H14BrN5O. The maximum Gasteiger partial charge on any atom is 0.144 e. The highest BCUT2D eigenvalue weighted by molar-refractivity contribution is 9.10. The fraction of sp³-hybridized carbons (Fsp3) is 0.417. The first-order valence-corrected chi connectivity index (χ1v) is 6.86. The molecule has 1 saturated heterocycles. The van der Waals surface area contributed by atoms with E-state index in [0.717, 1.165) is 29.1 Å². The summed E-state index contributed by atoms with van der Waals surface area (Å²) in [6, 6.07) is 0.160. The third-order valence-electron chi connectivity index (χ3n) is 3.19. The highest BCUT2D eigenvalue weighted by Crippen LogP contribution is 2.31. The monoisotopic (exact) mass is 323 g/mol. The van der Waals surface area contributed by atoms with E-state index >= 15 is 0 Å². The Morgan fingerprint density at radius 1 is 1.47 bits per heavy atom. The van der Waals surface area contributed by atoms with Gasteiger partial charge in [0.05, 0.1) is 10.5 Å². The van der Waals surface area contributed by atoms with Crippen molar-refractivity contribution in [2.24, 2.45) is 7.05 Å². The molecule has 2 aromatic rings. The Morgan fingerprint density at radius 3 is 3.11 bits per heavy atom. The SMILES string of the molecule is Cn1ccnc1[C@H]1OCC[C@@H]1Nc1ncncc1Br. The van der Waals surface area contributed by atoms with Crippen molar-refractivity contribution in [2.45, 2.75) is 18.6 Å². The van der Waals surface area contributed by atoms with Crippen LogP contribution in [0.5, 0.6) is 0 Å². The lowest BCUT2D eigenvalue weighted by Crippen LogP contribution is -2.26. The number of hydrogen-bond donors (Lipinski definition) is 1. The van der Waals surface area contributed by atoms with Gasteiger partial charge >= 0.3 is 0 Å². The van der Waals surface area contributed by atoms with Crippen molar-refractivity contribution in [1.29, 1.82) is 0 Å². The summed E-state index contributed by atoms with van der Waals surface area (Å²) in [6.45, 7) is 0.720. The van der Waals surface area contributed by atoms with E-state index in [1.807, 2.05) is 17.8 Å². The summed E-state index contributed by atoms with van der Waals surface area (Å²) in [7, 11) is 1.97. The summed E-state index contributed by atoms with van der Waals surface area (Å²) < 4.78 is 8.63. The predicted octanol–water partition coefficient (Wildman–Crippen LogP) is 1.91. The molecule has 0 amide bonds. The zero-order chi connectivity index (χ0) is 13.2.